The fourth-order valence-corrected chi connectivity index (χ4v) is 2.90. The van der Waals surface area contributed by atoms with Gasteiger partial charge in [-0.25, -0.2) is 4.98 Å². The summed E-state index contributed by atoms with van der Waals surface area (Å²) in [5.41, 5.74) is 1.74. The summed E-state index contributed by atoms with van der Waals surface area (Å²) in [6.07, 6.45) is 0.330. The van der Waals surface area contributed by atoms with E-state index in [4.69, 9.17) is 16.3 Å². The molecule has 0 fully saturated rings. The van der Waals surface area contributed by atoms with Crippen molar-refractivity contribution in [2.24, 2.45) is 0 Å². The van der Waals surface area contributed by atoms with Crippen molar-refractivity contribution in [1.82, 2.24) is 4.98 Å². The Morgan fingerprint density at radius 2 is 1.88 bits per heavy atom. The number of thiazole rings is 1. The minimum absolute atomic E-state index is 0.0827. The van der Waals surface area contributed by atoms with Crippen LogP contribution in [0.15, 0.2) is 60.0 Å². The number of hydrogen-bond donors (Lipinski definition) is 1. The molecule has 0 aliphatic rings. The number of aromatic nitrogens is 1. The minimum Gasteiger partial charge on any atom is -0.487 e. The van der Waals surface area contributed by atoms with Crippen molar-refractivity contribution in [2.45, 2.75) is 13.0 Å². The molecule has 3 aromatic rings. The van der Waals surface area contributed by atoms with Crippen molar-refractivity contribution in [3.05, 3.63) is 76.3 Å². The van der Waals surface area contributed by atoms with Gasteiger partial charge in [0.15, 0.2) is 5.13 Å². The number of nitrogens with zero attached hydrogens (tertiary/aromatic N) is 1. The van der Waals surface area contributed by atoms with Crippen molar-refractivity contribution < 1.29 is 9.53 Å². The quantitative estimate of drug-likeness (QED) is 0.703. The lowest BCUT2D eigenvalue weighted by Gasteiger charge is -2.04. The molecule has 0 spiro atoms. The Bertz CT molecular complexity index is 803. The molecule has 0 unspecified atom stereocenters. The summed E-state index contributed by atoms with van der Waals surface area (Å²) in [5, 5.41) is 5.92. The zero-order valence-corrected chi connectivity index (χ0v) is 14.3. The molecule has 2 aromatic carbocycles. The summed E-state index contributed by atoms with van der Waals surface area (Å²) in [7, 11) is 0. The summed E-state index contributed by atoms with van der Waals surface area (Å²) in [6.45, 7) is 0.340. The van der Waals surface area contributed by atoms with E-state index in [0.29, 0.717) is 23.2 Å². The van der Waals surface area contributed by atoms with Gasteiger partial charge in [-0.15, -0.1) is 11.3 Å². The Labute approximate surface area is 149 Å². The van der Waals surface area contributed by atoms with E-state index in [1.165, 1.54) is 11.3 Å². The number of benzene rings is 2. The molecule has 1 aromatic heterocycles. The van der Waals surface area contributed by atoms with Gasteiger partial charge >= 0.3 is 0 Å². The second-order valence-electron chi connectivity index (χ2n) is 5.10. The molecule has 24 heavy (non-hydrogen) atoms. The van der Waals surface area contributed by atoms with Crippen LogP contribution in [0.25, 0.3) is 0 Å². The zero-order chi connectivity index (χ0) is 16.8. The second kappa shape index (κ2) is 7.95. The average Bonchev–Trinajstić information content (AvgIpc) is 3.02. The minimum atomic E-state index is -0.0827. The van der Waals surface area contributed by atoms with E-state index in [1.807, 2.05) is 35.7 Å². The van der Waals surface area contributed by atoms with E-state index in [2.05, 4.69) is 10.3 Å². The maximum atomic E-state index is 12.0. The van der Waals surface area contributed by atoms with Gasteiger partial charge in [0.05, 0.1) is 12.1 Å². The van der Waals surface area contributed by atoms with Crippen LogP contribution in [0.3, 0.4) is 0 Å². The summed E-state index contributed by atoms with van der Waals surface area (Å²) in [5.74, 6) is 0.641. The fourth-order valence-electron chi connectivity index (χ4n) is 2.06. The predicted octanol–water partition coefficient (Wildman–Crippen LogP) is 4.56. The van der Waals surface area contributed by atoms with Crippen LogP contribution >= 0.6 is 22.9 Å². The van der Waals surface area contributed by atoms with Gasteiger partial charge in [0.25, 0.3) is 0 Å². The number of carbonyl (C=O) groups is 1. The van der Waals surface area contributed by atoms with E-state index < -0.39 is 0 Å². The lowest BCUT2D eigenvalue weighted by Crippen LogP contribution is -2.14. The fraction of sp³-hybridized carbons (Fsp3) is 0.111. The van der Waals surface area contributed by atoms with Gasteiger partial charge in [0, 0.05) is 10.4 Å². The SMILES string of the molecule is O=C(Cc1ccccc1)Nc1nc(COc2ccc(Cl)cc2)cs1. The summed E-state index contributed by atoms with van der Waals surface area (Å²) in [6, 6.07) is 16.8. The monoisotopic (exact) mass is 358 g/mol. The second-order valence-corrected chi connectivity index (χ2v) is 6.39. The van der Waals surface area contributed by atoms with Crippen LogP contribution in [0.1, 0.15) is 11.3 Å². The largest absolute Gasteiger partial charge is 0.487 e. The van der Waals surface area contributed by atoms with Crippen molar-refractivity contribution in [3.63, 3.8) is 0 Å². The number of amides is 1. The highest BCUT2D eigenvalue weighted by Crippen LogP contribution is 2.19. The molecule has 0 bridgehead atoms. The number of ether oxygens (including phenoxy) is 1. The van der Waals surface area contributed by atoms with Crippen LogP contribution in [0.2, 0.25) is 5.02 Å². The van der Waals surface area contributed by atoms with Crippen LogP contribution in [0.5, 0.6) is 5.75 Å². The highest BCUT2D eigenvalue weighted by atomic mass is 35.5. The molecule has 1 N–H and O–H groups in total. The van der Waals surface area contributed by atoms with Gasteiger partial charge in [-0.3, -0.25) is 4.79 Å². The highest BCUT2D eigenvalue weighted by Gasteiger charge is 2.08. The third-order valence-electron chi connectivity index (χ3n) is 3.21. The first-order valence-electron chi connectivity index (χ1n) is 7.35. The normalized spacial score (nSPS) is 10.4. The van der Waals surface area contributed by atoms with E-state index in [0.717, 1.165) is 17.0 Å². The molecule has 122 valence electrons. The van der Waals surface area contributed by atoms with E-state index in [9.17, 15) is 4.79 Å². The molecule has 3 rings (SSSR count). The van der Waals surface area contributed by atoms with E-state index >= 15 is 0 Å². The number of anilines is 1. The molecule has 6 heteroatoms. The Kier molecular flexibility index (Phi) is 5.46. The topological polar surface area (TPSA) is 51.2 Å². The summed E-state index contributed by atoms with van der Waals surface area (Å²) < 4.78 is 5.63. The number of hydrogen-bond acceptors (Lipinski definition) is 4. The van der Waals surface area contributed by atoms with E-state index in [-0.39, 0.29) is 5.91 Å². The number of halogens is 1. The molecule has 0 saturated carbocycles. The Hall–Kier alpha value is -2.37. The van der Waals surface area contributed by atoms with E-state index in [1.54, 1.807) is 24.3 Å². The summed E-state index contributed by atoms with van der Waals surface area (Å²) >= 11 is 7.21. The van der Waals surface area contributed by atoms with Crippen molar-refractivity contribution in [3.8, 4) is 5.75 Å². The molecule has 1 amide bonds. The Balaban J connectivity index is 1.51. The van der Waals surface area contributed by atoms with Crippen LogP contribution in [0, 0.1) is 0 Å². The van der Waals surface area contributed by atoms with Crippen LogP contribution in [-0.4, -0.2) is 10.9 Å². The molecule has 0 saturated heterocycles. The van der Waals surface area contributed by atoms with Gasteiger partial charge in [-0.05, 0) is 29.8 Å². The molecule has 1 heterocycles. The predicted molar refractivity (Wildman–Crippen MR) is 96.7 cm³/mol. The van der Waals surface area contributed by atoms with Crippen molar-refractivity contribution >= 4 is 34.0 Å². The highest BCUT2D eigenvalue weighted by molar-refractivity contribution is 7.13. The molecular weight excluding hydrogens is 344 g/mol. The maximum Gasteiger partial charge on any atom is 0.230 e. The molecule has 4 nitrogen and oxygen atoms in total. The first kappa shape index (κ1) is 16.5. The smallest absolute Gasteiger partial charge is 0.230 e. The van der Waals surface area contributed by atoms with Crippen molar-refractivity contribution in [2.75, 3.05) is 5.32 Å². The lowest BCUT2D eigenvalue weighted by atomic mass is 10.1. The Morgan fingerprint density at radius 1 is 1.12 bits per heavy atom. The number of carbonyl (C=O) groups excluding carboxylic acids is 1. The van der Waals surface area contributed by atoms with Gasteiger partial charge < -0.3 is 10.1 Å². The molecule has 0 radical (unpaired) electrons. The third kappa shape index (κ3) is 4.81. The molecule has 0 atom stereocenters. The van der Waals surface area contributed by atoms with Gasteiger partial charge in [0.2, 0.25) is 5.91 Å². The zero-order valence-electron chi connectivity index (χ0n) is 12.7. The average molecular weight is 359 g/mol. The lowest BCUT2D eigenvalue weighted by molar-refractivity contribution is -0.115. The molecular formula is C18H15ClN2O2S. The molecule has 0 aliphatic carbocycles. The van der Waals surface area contributed by atoms with Crippen LogP contribution in [0.4, 0.5) is 5.13 Å². The number of nitrogens with one attached hydrogen (secondary N) is 1. The third-order valence-corrected chi connectivity index (χ3v) is 4.26. The van der Waals surface area contributed by atoms with Crippen molar-refractivity contribution in [1.29, 1.82) is 0 Å². The first-order chi connectivity index (χ1) is 11.7. The van der Waals surface area contributed by atoms with Gasteiger partial charge in [-0.1, -0.05) is 41.9 Å². The maximum absolute atomic E-state index is 12.0. The standard InChI is InChI=1S/C18H15ClN2O2S/c19-14-6-8-16(9-7-14)23-11-15-12-24-18(20-15)21-17(22)10-13-4-2-1-3-5-13/h1-9,12H,10-11H2,(H,20,21,22). The number of rotatable bonds is 6. The first-order valence-corrected chi connectivity index (χ1v) is 8.61. The molecule has 0 aliphatic heterocycles. The van der Waals surface area contributed by atoms with Gasteiger partial charge in [-0.2, -0.15) is 0 Å². The van der Waals surface area contributed by atoms with Crippen LogP contribution in [-0.2, 0) is 17.8 Å². The summed E-state index contributed by atoms with van der Waals surface area (Å²) in [4.78, 5) is 16.4. The van der Waals surface area contributed by atoms with Gasteiger partial charge in [0.1, 0.15) is 12.4 Å². The van der Waals surface area contributed by atoms with Crippen LogP contribution < -0.4 is 10.1 Å². The Morgan fingerprint density at radius 3 is 2.62 bits per heavy atom.